The normalized spacial score (nSPS) is 13.2. The van der Waals surface area contributed by atoms with E-state index in [0.717, 1.165) is 17.7 Å². The second-order valence-corrected chi connectivity index (χ2v) is 9.94. The van der Waals surface area contributed by atoms with Crippen LogP contribution in [0.4, 0.5) is 13.2 Å². The zero-order valence-electron chi connectivity index (χ0n) is 21.0. The molecule has 3 aromatic rings. The number of nitrogens with zero attached hydrogens (tertiary/aromatic N) is 2. The molecule has 3 rings (SSSR count). The summed E-state index contributed by atoms with van der Waals surface area (Å²) in [6.45, 7) is 1.66. The van der Waals surface area contributed by atoms with Crippen LogP contribution in [-0.2, 0) is 37.1 Å². The van der Waals surface area contributed by atoms with Crippen LogP contribution in [0.3, 0.4) is 0 Å². The Morgan fingerprint density at radius 2 is 1.71 bits per heavy atom. The summed E-state index contributed by atoms with van der Waals surface area (Å²) in [7, 11) is -3.43. The first-order valence-electron chi connectivity index (χ1n) is 10.8. The van der Waals surface area contributed by atoms with Crippen molar-refractivity contribution < 1.29 is 70.2 Å². The molecular formula is C24H23F3N3NaO6S. The number of methoxy groups -OCH3 is 1. The van der Waals surface area contributed by atoms with E-state index in [-0.39, 0.29) is 52.9 Å². The van der Waals surface area contributed by atoms with E-state index in [9.17, 15) is 31.2 Å². The average molecular weight is 562 g/mol. The molecule has 1 heterocycles. The maximum atomic E-state index is 13.5. The smallest absolute Gasteiger partial charge is 0.563 e. The van der Waals surface area contributed by atoms with Crippen molar-refractivity contribution >= 4 is 21.8 Å². The standard InChI is InChI=1S/C24H23F3N3O6S.Na/c1-4-21(31)23(2,37(28,33)34)22(32)36-14-15-6-5-7-17(12-15)30-19(13-20(29-30)24(25,26)27)16-8-10-18(35-3)11-9-16;/h5-13H,4,14H2,1-3H3,(H-,28,33,34);/q-1;+1. The number of nitrogens with one attached hydrogen (secondary N) is 1. The number of ketones is 1. The second-order valence-electron chi connectivity index (χ2n) is 8.11. The molecule has 1 atom stereocenters. The van der Waals surface area contributed by atoms with Gasteiger partial charge in [-0.15, -0.1) is 0 Å². The Bertz CT molecular complexity index is 1420. The molecule has 9 nitrogen and oxygen atoms in total. The van der Waals surface area contributed by atoms with Crippen molar-refractivity contribution in [3.63, 3.8) is 0 Å². The van der Waals surface area contributed by atoms with Crippen molar-refractivity contribution in [1.82, 2.24) is 9.78 Å². The first kappa shape index (κ1) is 31.5. The number of hydrogen-bond acceptors (Lipinski definition) is 7. The largest absolute Gasteiger partial charge is 1.00 e. The summed E-state index contributed by atoms with van der Waals surface area (Å²) in [5.41, 5.74) is -0.0787. The quantitative estimate of drug-likeness (QED) is 0.221. The molecule has 38 heavy (non-hydrogen) atoms. The fourth-order valence-electron chi connectivity index (χ4n) is 3.46. The van der Waals surface area contributed by atoms with Gasteiger partial charge in [-0.3, -0.25) is 4.79 Å². The number of carbonyl (C=O) groups is 2. The number of esters is 1. The maximum Gasteiger partial charge on any atom is 1.00 e. The number of aromatic nitrogens is 2. The number of hydrogen-bond donors (Lipinski definition) is 0. The third-order valence-corrected chi connectivity index (χ3v) is 7.16. The molecule has 0 aliphatic heterocycles. The van der Waals surface area contributed by atoms with Crippen LogP contribution >= 0.6 is 0 Å². The number of sulfonamides is 1. The summed E-state index contributed by atoms with van der Waals surface area (Å²) >= 11 is 0. The molecule has 0 spiro atoms. The Morgan fingerprint density at radius 1 is 1.08 bits per heavy atom. The Balaban J connectivity index is 0.00000507. The number of alkyl halides is 3. The van der Waals surface area contributed by atoms with Crippen LogP contribution in [-0.4, -0.2) is 41.8 Å². The molecule has 0 bridgehead atoms. The second kappa shape index (κ2) is 12.0. The molecule has 1 unspecified atom stereocenters. The molecule has 0 saturated heterocycles. The van der Waals surface area contributed by atoms with Gasteiger partial charge in [0, 0.05) is 12.0 Å². The van der Waals surface area contributed by atoms with Gasteiger partial charge >= 0.3 is 41.7 Å². The summed E-state index contributed by atoms with van der Waals surface area (Å²) in [6.07, 6.45) is -5.02. The molecule has 0 radical (unpaired) electrons. The number of rotatable bonds is 9. The zero-order chi connectivity index (χ0) is 27.6. The van der Waals surface area contributed by atoms with Crippen molar-refractivity contribution in [1.29, 1.82) is 0 Å². The first-order chi connectivity index (χ1) is 17.2. The van der Waals surface area contributed by atoms with Gasteiger partial charge in [-0.05, 0) is 55.0 Å². The van der Waals surface area contributed by atoms with Gasteiger partial charge in [0.05, 0.1) is 28.5 Å². The average Bonchev–Trinajstić information content (AvgIpc) is 3.32. The minimum absolute atomic E-state index is 0. The topological polar surface area (TPSA) is 128 Å². The zero-order valence-corrected chi connectivity index (χ0v) is 23.8. The monoisotopic (exact) mass is 561 g/mol. The number of Topliss-reactive ketones (excluding diaryl/α,β-unsaturated/α-hetero) is 1. The molecule has 0 saturated carbocycles. The van der Waals surface area contributed by atoms with E-state index < -0.39 is 45.0 Å². The summed E-state index contributed by atoms with van der Waals surface area (Å²) in [4.78, 5) is 24.7. The number of carbonyl (C=O) groups excluding carboxylic acids is 2. The Morgan fingerprint density at radius 3 is 2.24 bits per heavy atom. The number of benzene rings is 2. The fourth-order valence-corrected chi connectivity index (χ4v) is 4.18. The van der Waals surface area contributed by atoms with Crippen LogP contribution < -0.4 is 34.3 Å². The minimum atomic E-state index is -4.89. The molecule has 0 aliphatic carbocycles. The van der Waals surface area contributed by atoms with E-state index in [1.807, 2.05) is 0 Å². The van der Waals surface area contributed by atoms with E-state index >= 15 is 0 Å². The first-order valence-corrected chi connectivity index (χ1v) is 12.3. The predicted molar refractivity (Wildman–Crippen MR) is 127 cm³/mol. The van der Waals surface area contributed by atoms with Gasteiger partial charge in [-0.1, -0.05) is 19.1 Å². The van der Waals surface area contributed by atoms with Crippen molar-refractivity contribution in [2.24, 2.45) is 0 Å². The predicted octanol–water partition coefficient (Wildman–Crippen LogP) is 1.73. The van der Waals surface area contributed by atoms with Crippen LogP contribution in [0.1, 0.15) is 31.5 Å². The number of ether oxygens (including phenoxy) is 2. The summed E-state index contributed by atoms with van der Waals surface area (Å²) in [6, 6.07) is 13.1. The Kier molecular flexibility index (Phi) is 9.94. The van der Waals surface area contributed by atoms with Gasteiger partial charge in [0.1, 0.15) is 12.4 Å². The van der Waals surface area contributed by atoms with E-state index in [4.69, 9.17) is 14.6 Å². The van der Waals surface area contributed by atoms with E-state index in [1.165, 1.54) is 38.3 Å². The van der Waals surface area contributed by atoms with Crippen molar-refractivity contribution in [3.8, 4) is 22.7 Å². The van der Waals surface area contributed by atoms with Crippen molar-refractivity contribution in [2.75, 3.05) is 7.11 Å². The Hall–Kier alpha value is -2.71. The van der Waals surface area contributed by atoms with Crippen molar-refractivity contribution in [2.45, 2.75) is 37.8 Å². The third kappa shape index (κ3) is 6.46. The van der Waals surface area contributed by atoms with Gasteiger partial charge in [0.2, 0.25) is 4.75 Å². The molecule has 1 N–H and O–H groups in total. The van der Waals surface area contributed by atoms with Gasteiger partial charge in [0.15, 0.2) is 11.5 Å². The molecular weight excluding hydrogens is 538 g/mol. The van der Waals surface area contributed by atoms with E-state index in [1.54, 1.807) is 24.3 Å². The van der Waals surface area contributed by atoms with Crippen LogP contribution in [0.2, 0.25) is 0 Å². The fraction of sp³-hybridized carbons (Fsp3) is 0.292. The SMILES string of the molecule is CCC(=O)C(C)(C(=O)OCc1cccc(-n2nc(C(F)(F)F)cc2-c2ccc(OC)cc2)c1)S([NH-])(=O)=O.[Na+]. The van der Waals surface area contributed by atoms with Crippen LogP contribution in [0.15, 0.2) is 54.6 Å². The molecule has 198 valence electrons. The van der Waals surface area contributed by atoms with Crippen LogP contribution in [0.25, 0.3) is 22.1 Å². The minimum Gasteiger partial charge on any atom is -0.563 e. The Labute approximate surface area is 239 Å². The van der Waals surface area contributed by atoms with Gasteiger partial charge in [0.25, 0.3) is 0 Å². The van der Waals surface area contributed by atoms with E-state index in [0.29, 0.717) is 11.3 Å². The summed E-state index contributed by atoms with van der Waals surface area (Å²) in [5.74, 6) is -1.91. The van der Waals surface area contributed by atoms with Crippen LogP contribution in [0, 0.1) is 0 Å². The van der Waals surface area contributed by atoms with Crippen LogP contribution in [0.5, 0.6) is 5.75 Å². The van der Waals surface area contributed by atoms with Crippen molar-refractivity contribution in [3.05, 3.63) is 71.0 Å². The summed E-state index contributed by atoms with van der Waals surface area (Å²) in [5, 5.41) is 11.0. The maximum absolute atomic E-state index is 13.5. The van der Waals surface area contributed by atoms with E-state index in [2.05, 4.69) is 5.10 Å². The molecule has 2 aromatic carbocycles. The molecule has 14 heteroatoms. The molecule has 0 amide bonds. The third-order valence-electron chi connectivity index (χ3n) is 5.69. The molecule has 0 aliphatic rings. The van der Waals surface area contributed by atoms with Gasteiger partial charge < -0.3 is 14.6 Å². The molecule has 0 fully saturated rings. The van der Waals surface area contributed by atoms with Gasteiger partial charge in [-0.25, -0.2) is 17.9 Å². The van der Waals surface area contributed by atoms with Gasteiger partial charge in [-0.2, -0.15) is 18.3 Å². The molecule has 1 aromatic heterocycles. The number of halogens is 3. The summed E-state index contributed by atoms with van der Waals surface area (Å²) < 4.78 is 72.7.